The first-order chi connectivity index (χ1) is 11.3. The van der Waals surface area contributed by atoms with Crippen molar-refractivity contribution < 1.29 is 14.0 Å². The lowest BCUT2D eigenvalue weighted by molar-refractivity contribution is -0.0459. The number of rotatable bonds is 4. The third-order valence-corrected chi connectivity index (χ3v) is 14.6. The predicted molar refractivity (Wildman–Crippen MR) is 110 cm³/mol. The van der Waals surface area contributed by atoms with Crippen LogP contribution in [-0.2, 0) is 14.0 Å². The minimum Gasteiger partial charge on any atom is -0.400 e. The lowest BCUT2D eigenvalue weighted by Gasteiger charge is -2.57. The molecule has 2 fully saturated rings. The predicted octanol–water partition coefficient (Wildman–Crippen LogP) is 5.62. The number of hydrogen-bond donors (Lipinski definition) is 0. The van der Waals surface area contributed by atoms with Crippen molar-refractivity contribution >= 4 is 15.2 Å². The van der Waals surface area contributed by atoms with Gasteiger partial charge in [-0.2, -0.15) is 0 Å². The molecular formula is C20H39BO3Si. The Morgan fingerprint density at radius 3 is 2.24 bits per heavy atom. The van der Waals surface area contributed by atoms with Crippen molar-refractivity contribution in [2.75, 3.05) is 13.2 Å². The van der Waals surface area contributed by atoms with E-state index in [9.17, 15) is 0 Å². The van der Waals surface area contributed by atoms with Gasteiger partial charge in [-0.05, 0) is 57.0 Å². The van der Waals surface area contributed by atoms with Crippen LogP contribution in [0.3, 0.4) is 0 Å². The first kappa shape index (κ1) is 21.2. The van der Waals surface area contributed by atoms with Crippen molar-refractivity contribution in [1.29, 1.82) is 0 Å². The summed E-state index contributed by atoms with van der Waals surface area (Å²) in [5.41, 5.74) is -0.628. The molecule has 3 nitrogen and oxygen atoms in total. The second kappa shape index (κ2) is 6.81. The molecule has 0 aromatic rings. The van der Waals surface area contributed by atoms with E-state index >= 15 is 0 Å². The third-order valence-electron chi connectivity index (χ3n) is 7.61. The van der Waals surface area contributed by atoms with Crippen LogP contribution in [0.5, 0.6) is 0 Å². The summed E-state index contributed by atoms with van der Waals surface area (Å²) >= 11 is 0. The Labute approximate surface area is 157 Å². The largest absolute Gasteiger partial charge is 0.486 e. The van der Waals surface area contributed by atoms with Gasteiger partial charge in [-0.1, -0.05) is 45.9 Å². The summed E-state index contributed by atoms with van der Waals surface area (Å²) in [6, 6.07) is 0. The molecule has 0 aromatic carbocycles. The Morgan fingerprint density at radius 1 is 1.12 bits per heavy atom. The summed E-state index contributed by atoms with van der Waals surface area (Å²) in [5.74, 6) is 2.02. The molecule has 0 amide bonds. The fraction of sp³-hybridized carbons (Fsp3) is 0.900. The first-order valence-corrected chi connectivity index (χ1v) is 12.9. The van der Waals surface area contributed by atoms with Crippen LogP contribution in [0.25, 0.3) is 0 Å². The van der Waals surface area contributed by atoms with Crippen molar-refractivity contribution in [2.24, 2.45) is 0 Å². The minimum absolute atomic E-state index is 0.212. The average Bonchev–Trinajstić information content (AvgIpc) is 2.67. The second-order valence-corrected chi connectivity index (χ2v) is 16.2. The van der Waals surface area contributed by atoms with Gasteiger partial charge in [0.1, 0.15) is 0 Å². The van der Waals surface area contributed by atoms with Gasteiger partial charge in [0.05, 0.1) is 19.3 Å². The molecule has 0 bridgehead atoms. The summed E-state index contributed by atoms with van der Waals surface area (Å²) in [6.45, 7) is 22.7. The van der Waals surface area contributed by atoms with Gasteiger partial charge in [0.25, 0.3) is 0 Å². The highest BCUT2D eigenvalue weighted by Crippen LogP contribution is 2.61. The van der Waals surface area contributed by atoms with Gasteiger partial charge in [-0.3, -0.25) is 0 Å². The van der Waals surface area contributed by atoms with E-state index in [-0.39, 0.29) is 23.4 Å². The Bertz CT molecular complexity index is 504. The number of ether oxygens (including phenoxy) is 1. The molecule has 0 aliphatic carbocycles. The van der Waals surface area contributed by atoms with E-state index in [1.54, 1.807) is 0 Å². The van der Waals surface area contributed by atoms with Crippen LogP contribution >= 0.6 is 0 Å². The van der Waals surface area contributed by atoms with Gasteiger partial charge in [-0.25, -0.2) is 0 Å². The molecular weight excluding hydrogens is 327 g/mol. The molecule has 2 heterocycles. The smallest absolute Gasteiger partial charge is 0.400 e. The normalized spacial score (nSPS) is 34.0. The Balaban J connectivity index is 2.40. The molecule has 144 valence electrons. The van der Waals surface area contributed by atoms with E-state index in [1.165, 1.54) is 6.42 Å². The van der Waals surface area contributed by atoms with Gasteiger partial charge in [-0.15, -0.1) is 0 Å². The molecule has 0 saturated carbocycles. The minimum atomic E-state index is -1.65. The third kappa shape index (κ3) is 3.67. The zero-order valence-corrected chi connectivity index (χ0v) is 19.0. The zero-order chi connectivity index (χ0) is 19.1. The van der Waals surface area contributed by atoms with Crippen molar-refractivity contribution in [3.8, 4) is 0 Å². The van der Waals surface area contributed by atoms with Crippen LogP contribution in [0.15, 0.2) is 12.1 Å². The molecule has 25 heavy (non-hydrogen) atoms. The van der Waals surface area contributed by atoms with Gasteiger partial charge >= 0.3 is 7.12 Å². The van der Waals surface area contributed by atoms with E-state index < -0.39 is 8.07 Å². The fourth-order valence-electron chi connectivity index (χ4n) is 4.47. The highest BCUT2D eigenvalue weighted by atomic mass is 28.3. The van der Waals surface area contributed by atoms with Gasteiger partial charge < -0.3 is 14.0 Å². The van der Waals surface area contributed by atoms with Crippen LogP contribution in [-0.4, -0.2) is 39.6 Å². The summed E-state index contributed by atoms with van der Waals surface area (Å²) in [5, 5.41) is 0.528. The fourth-order valence-corrected chi connectivity index (χ4v) is 8.11. The summed E-state index contributed by atoms with van der Waals surface area (Å²) < 4.78 is 18.8. The highest BCUT2D eigenvalue weighted by Gasteiger charge is 2.61. The molecule has 0 radical (unpaired) electrons. The molecule has 0 aromatic heterocycles. The Kier molecular flexibility index (Phi) is 5.78. The molecule has 2 atom stereocenters. The second-order valence-electron chi connectivity index (χ2n) is 10.4. The Morgan fingerprint density at radius 2 is 1.76 bits per heavy atom. The van der Waals surface area contributed by atoms with Crippen molar-refractivity contribution in [1.82, 2.24) is 0 Å². The van der Waals surface area contributed by atoms with Gasteiger partial charge in [0.2, 0.25) is 0 Å². The molecule has 0 N–H and O–H groups in total. The van der Waals surface area contributed by atoms with E-state index in [1.807, 2.05) is 19.0 Å². The molecule has 2 unspecified atom stereocenters. The van der Waals surface area contributed by atoms with E-state index in [2.05, 4.69) is 54.6 Å². The molecule has 5 heteroatoms. The Hall–Kier alpha value is -0.0982. The van der Waals surface area contributed by atoms with Crippen LogP contribution in [0.2, 0.25) is 23.2 Å². The van der Waals surface area contributed by atoms with Crippen LogP contribution < -0.4 is 0 Å². The SMILES string of the molecule is C/C=C/B1OC(C)(C)C(C)(CC2([Si](C)(C)C(C)(C)C)CCCOC2)O1. The van der Waals surface area contributed by atoms with Crippen LogP contribution in [0, 0.1) is 0 Å². The lowest BCUT2D eigenvalue weighted by atomic mass is 9.78. The average molecular weight is 366 g/mol. The molecule has 0 spiro atoms. The summed E-state index contributed by atoms with van der Waals surface area (Å²) in [4.78, 5) is 0. The quantitative estimate of drug-likeness (QED) is 0.604. The topological polar surface area (TPSA) is 27.7 Å². The van der Waals surface area contributed by atoms with E-state index in [0.29, 0.717) is 5.04 Å². The van der Waals surface area contributed by atoms with E-state index in [0.717, 1.165) is 26.1 Å². The summed E-state index contributed by atoms with van der Waals surface area (Å²) in [7, 11) is -1.89. The maximum Gasteiger partial charge on any atom is 0.486 e. The lowest BCUT2D eigenvalue weighted by Crippen LogP contribution is -2.58. The molecule has 2 saturated heterocycles. The van der Waals surface area contributed by atoms with E-state index in [4.69, 9.17) is 14.0 Å². The molecule has 2 aliphatic heterocycles. The number of allylic oxidation sites excluding steroid dienone is 1. The standard InChI is InChI=1S/C20H39BO3Si/c1-10-13-21-23-18(5,6)19(7,24-21)15-20(12-11-14-22-16-20)25(8,9)17(2,3)4/h10,13H,11-12,14-16H2,1-9H3/b13-10+. The molecule has 2 aliphatic rings. The molecule has 2 rings (SSSR count). The van der Waals surface area contributed by atoms with Gasteiger partial charge in [0, 0.05) is 13.2 Å². The highest BCUT2D eigenvalue weighted by molar-refractivity contribution is 6.83. The number of hydrogen-bond acceptors (Lipinski definition) is 3. The van der Waals surface area contributed by atoms with Crippen molar-refractivity contribution in [2.45, 2.75) is 102 Å². The zero-order valence-electron chi connectivity index (χ0n) is 18.0. The maximum atomic E-state index is 6.50. The first-order valence-electron chi connectivity index (χ1n) is 9.87. The van der Waals surface area contributed by atoms with Crippen LogP contribution in [0.4, 0.5) is 0 Å². The van der Waals surface area contributed by atoms with Gasteiger partial charge in [0.15, 0.2) is 0 Å². The maximum absolute atomic E-state index is 6.50. The monoisotopic (exact) mass is 366 g/mol. The summed E-state index contributed by atoms with van der Waals surface area (Å²) in [6.07, 6.45) is 5.42. The van der Waals surface area contributed by atoms with Crippen molar-refractivity contribution in [3.05, 3.63) is 12.1 Å². The van der Waals surface area contributed by atoms with Crippen molar-refractivity contribution in [3.63, 3.8) is 0 Å². The van der Waals surface area contributed by atoms with Crippen LogP contribution in [0.1, 0.15) is 67.7 Å².